The average molecular weight is 296 g/mol. The van der Waals surface area contributed by atoms with Gasteiger partial charge < -0.3 is 10.6 Å². The van der Waals surface area contributed by atoms with Crippen LogP contribution in [0, 0.1) is 0 Å². The topological polar surface area (TPSA) is 41.1 Å². The Morgan fingerprint density at radius 3 is 1.50 bits per heavy atom. The van der Waals surface area contributed by atoms with Crippen LogP contribution in [0.15, 0.2) is 60.7 Å². The molecule has 0 aliphatic rings. The first-order chi connectivity index (χ1) is 10.6. The van der Waals surface area contributed by atoms with E-state index in [1.165, 1.54) is 11.1 Å². The van der Waals surface area contributed by atoms with Gasteiger partial charge in [0.15, 0.2) is 0 Å². The second kappa shape index (κ2) is 8.23. The molecule has 0 unspecified atom stereocenters. The highest BCUT2D eigenvalue weighted by atomic mass is 16.2. The molecule has 0 spiro atoms. The van der Waals surface area contributed by atoms with Gasteiger partial charge in [-0.3, -0.25) is 0 Å². The predicted molar refractivity (Wildman–Crippen MR) is 90.9 cm³/mol. The summed E-state index contributed by atoms with van der Waals surface area (Å²) >= 11 is 0. The lowest BCUT2D eigenvalue weighted by atomic mass is 10.1. The minimum absolute atomic E-state index is 0.103. The number of nitrogens with one attached hydrogen (secondary N) is 2. The molecule has 0 aliphatic carbocycles. The normalized spacial score (nSPS) is 13.2. The van der Waals surface area contributed by atoms with E-state index in [2.05, 4.69) is 34.9 Å². The highest BCUT2D eigenvalue weighted by Crippen LogP contribution is 2.04. The van der Waals surface area contributed by atoms with Gasteiger partial charge in [0.2, 0.25) is 0 Å². The Bertz CT molecular complexity index is 517. The molecule has 0 aliphatic heterocycles. The van der Waals surface area contributed by atoms with Gasteiger partial charge in [-0.05, 0) is 37.8 Å². The largest absolute Gasteiger partial charge is 0.335 e. The Morgan fingerprint density at radius 1 is 0.773 bits per heavy atom. The summed E-state index contributed by atoms with van der Waals surface area (Å²) in [4.78, 5) is 12.0. The van der Waals surface area contributed by atoms with Crippen molar-refractivity contribution in [3.8, 4) is 0 Å². The molecule has 2 rings (SSSR count). The van der Waals surface area contributed by atoms with Crippen molar-refractivity contribution in [2.24, 2.45) is 0 Å². The molecule has 0 radical (unpaired) electrons. The van der Waals surface area contributed by atoms with Gasteiger partial charge in [-0.25, -0.2) is 4.79 Å². The monoisotopic (exact) mass is 296 g/mol. The fraction of sp³-hybridized carbons (Fsp3) is 0.316. The van der Waals surface area contributed by atoms with Gasteiger partial charge in [0.1, 0.15) is 0 Å². The molecule has 3 nitrogen and oxygen atoms in total. The lowest BCUT2D eigenvalue weighted by Gasteiger charge is -2.18. The van der Waals surface area contributed by atoms with Crippen molar-refractivity contribution in [1.82, 2.24) is 10.6 Å². The van der Waals surface area contributed by atoms with E-state index in [-0.39, 0.29) is 18.1 Å². The van der Waals surface area contributed by atoms with Crippen molar-refractivity contribution in [2.75, 3.05) is 0 Å². The Labute approximate surface area is 132 Å². The summed E-state index contributed by atoms with van der Waals surface area (Å²) in [5.74, 6) is 0. The van der Waals surface area contributed by atoms with Crippen LogP contribution in [0.3, 0.4) is 0 Å². The van der Waals surface area contributed by atoms with Crippen molar-refractivity contribution in [2.45, 2.75) is 38.8 Å². The van der Waals surface area contributed by atoms with Gasteiger partial charge in [-0.15, -0.1) is 0 Å². The number of benzene rings is 2. The van der Waals surface area contributed by atoms with Gasteiger partial charge in [-0.1, -0.05) is 60.7 Å². The molecule has 2 amide bonds. The van der Waals surface area contributed by atoms with Crippen molar-refractivity contribution < 1.29 is 4.79 Å². The minimum atomic E-state index is -0.105. The maximum Gasteiger partial charge on any atom is 0.315 e. The van der Waals surface area contributed by atoms with E-state index in [1.807, 2.05) is 50.2 Å². The molecule has 22 heavy (non-hydrogen) atoms. The highest BCUT2D eigenvalue weighted by Gasteiger charge is 2.11. The molecular formula is C19H24N2O. The Morgan fingerprint density at radius 2 is 1.14 bits per heavy atom. The van der Waals surface area contributed by atoms with Crippen molar-refractivity contribution in [3.63, 3.8) is 0 Å². The molecule has 0 saturated heterocycles. The van der Waals surface area contributed by atoms with Crippen LogP contribution in [0.2, 0.25) is 0 Å². The highest BCUT2D eigenvalue weighted by molar-refractivity contribution is 5.74. The van der Waals surface area contributed by atoms with Crippen LogP contribution in [0.4, 0.5) is 4.79 Å². The Kier molecular flexibility index (Phi) is 6.01. The van der Waals surface area contributed by atoms with Crippen molar-refractivity contribution in [3.05, 3.63) is 71.8 Å². The number of carbonyl (C=O) groups excluding carboxylic acids is 1. The molecule has 2 aromatic carbocycles. The van der Waals surface area contributed by atoms with Gasteiger partial charge in [0.05, 0.1) is 0 Å². The summed E-state index contributed by atoms with van der Waals surface area (Å²) in [5, 5.41) is 5.99. The van der Waals surface area contributed by atoms with Crippen LogP contribution in [0.25, 0.3) is 0 Å². The Hall–Kier alpha value is -2.29. The number of hydrogen-bond donors (Lipinski definition) is 2. The number of hydrogen-bond acceptors (Lipinski definition) is 1. The zero-order valence-electron chi connectivity index (χ0n) is 13.3. The van der Waals surface area contributed by atoms with Crippen molar-refractivity contribution in [1.29, 1.82) is 0 Å². The number of urea groups is 1. The van der Waals surface area contributed by atoms with Crippen LogP contribution in [-0.2, 0) is 12.8 Å². The molecule has 116 valence electrons. The maximum absolute atomic E-state index is 12.0. The summed E-state index contributed by atoms with van der Waals surface area (Å²) < 4.78 is 0. The molecule has 0 fully saturated rings. The first kappa shape index (κ1) is 16.1. The second-order valence-corrected chi connectivity index (χ2v) is 5.80. The molecule has 0 saturated carbocycles. The molecule has 2 atom stereocenters. The summed E-state index contributed by atoms with van der Waals surface area (Å²) in [6.45, 7) is 4.04. The van der Waals surface area contributed by atoms with E-state index in [4.69, 9.17) is 0 Å². The summed E-state index contributed by atoms with van der Waals surface area (Å²) in [6.07, 6.45) is 1.67. The van der Waals surface area contributed by atoms with Crippen LogP contribution in [-0.4, -0.2) is 18.1 Å². The maximum atomic E-state index is 12.0. The van der Waals surface area contributed by atoms with Crippen LogP contribution in [0.1, 0.15) is 25.0 Å². The first-order valence-corrected chi connectivity index (χ1v) is 7.78. The van der Waals surface area contributed by atoms with E-state index < -0.39 is 0 Å². The fourth-order valence-corrected chi connectivity index (χ4v) is 2.53. The second-order valence-electron chi connectivity index (χ2n) is 5.80. The minimum Gasteiger partial charge on any atom is -0.335 e. The van der Waals surface area contributed by atoms with Crippen molar-refractivity contribution >= 4 is 6.03 Å². The fourth-order valence-electron chi connectivity index (χ4n) is 2.53. The zero-order chi connectivity index (χ0) is 15.8. The lowest BCUT2D eigenvalue weighted by molar-refractivity contribution is 0.234. The van der Waals surface area contributed by atoms with E-state index in [1.54, 1.807) is 0 Å². The zero-order valence-corrected chi connectivity index (χ0v) is 13.3. The third kappa shape index (κ3) is 5.60. The molecule has 3 heteroatoms. The third-order valence-electron chi connectivity index (χ3n) is 3.52. The van der Waals surface area contributed by atoms with E-state index in [9.17, 15) is 4.79 Å². The molecule has 2 N–H and O–H groups in total. The third-order valence-corrected chi connectivity index (χ3v) is 3.52. The predicted octanol–water partition coefficient (Wildman–Crippen LogP) is 3.55. The smallest absolute Gasteiger partial charge is 0.315 e. The quantitative estimate of drug-likeness (QED) is 0.841. The molecule has 2 aromatic rings. The van der Waals surface area contributed by atoms with Crippen LogP contribution in [0.5, 0.6) is 0 Å². The summed E-state index contributed by atoms with van der Waals surface area (Å²) in [5.41, 5.74) is 2.46. The SMILES string of the molecule is C[C@H](Cc1ccccc1)NC(=O)N[C@@H](C)Cc1ccccc1. The molecule has 0 bridgehead atoms. The number of carbonyl (C=O) groups is 1. The molecule has 0 aromatic heterocycles. The van der Waals surface area contributed by atoms with Crippen LogP contribution >= 0.6 is 0 Å². The van der Waals surface area contributed by atoms with Crippen LogP contribution < -0.4 is 10.6 Å². The summed E-state index contributed by atoms with van der Waals surface area (Å²) in [7, 11) is 0. The summed E-state index contributed by atoms with van der Waals surface area (Å²) in [6, 6.07) is 20.5. The first-order valence-electron chi connectivity index (χ1n) is 7.78. The standard InChI is InChI=1S/C19H24N2O/c1-15(13-17-9-5-3-6-10-17)20-19(22)21-16(2)14-18-11-7-4-8-12-18/h3-12,15-16H,13-14H2,1-2H3,(H2,20,21,22)/t15-,16+. The van der Waals surface area contributed by atoms with Gasteiger partial charge in [0, 0.05) is 12.1 Å². The van der Waals surface area contributed by atoms with E-state index in [0.717, 1.165) is 12.8 Å². The van der Waals surface area contributed by atoms with E-state index in [0.29, 0.717) is 0 Å². The van der Waals surface area contributed by atoms with E-state index >= 15 is 0 Å². The number of rotatable bonds is 6. The van der Waals surface area contributed by atoms with Gasteiger partial charge in [-0.2, -0.15) is 0 Å². The molecular weight excluding hydrogens is 272 g/mol. The van der Waals surface area contributed by atoms with Gasteiger partial charge in [0.25, 0.3) is 0 Å². The average Bonchev–Trinajstić information content (AvgIpc) is 2.48. The van der Waals surface area contributed by atoms with Gasteiger partial charge >= 0.3 is 6.03 Å². The molecule has 0 heterocycles. The lowest BCUT2D eigenvalue weighted by Crippen LogP contribution is -2.45. The number of amides is 2. The Balaban J connectivity index is 1.75.